The SMILES string of the molecule is C=C/C=C\C(=C/C)C(Br)=C1CCNCC1. The first-order chi connectivity index (χ1) is 7.29. The molecule has 0 atom stereocenters. The first kappa shape index (κ1) is 12.5. The second kappa shape index (κ2) is 6.81. The zero-order chi connectivity index (χ0) is 11.1. The van der Waals surface area contributed by atoms with E-state index < -0.39 is 0 Å². The molecule has 0 aromatic carbocycles. The van der Waals surface area contributed by atoms with Crippen LogP contribution in [0, 0.1) is 0 Å². The predicted molar refractivity (Wildman–Crippen MR) is 71.2 cm³/mol. The molecular formula is C13H18BrN. The summed E-state index contributed by atoms with van der Waals surface area (Å²) in [6, 6.07) is 0. The van der Waals surface area contributed by atoms with Crippen LogP contribution in [0.2, 0.25) is 0 Å². The van der Waals surface area contributed by atoms with Gasteiger partial charge in [-0.05, 0) is 38.4 Å². The minimum absolute atomic E-state index is 1.09. The molecule has 0 aromatic rings. The van der Waals surface area contributed by atoms with Crippen molar-refractivity contribution in [3.05, 3.63) is 46.5 Å². The summed E-state index contributed by atoms with van der Waals surface area (Å²) in [6.45, 7) is 7.92. The molecule has 0 spiro atoms. The Morgan fingerprint density at radius 2 is 2.07 bits per heavy atom. The monoisotopic (exact) mass is 267 g/mol. The largest absolute Gasteiger partial charge is 0.316 e. The molecule has 2 heteroatoms. The number of rotatable bonds is 3. The maximum atomic E-state index is 3.69. The number of halogens is 1. The smallest absolute Gasteiger partial charge is 0.0237 e. The molecule has 0 radical (unpaired) electrons. The highest BCUT2D eigenvalue weighted by atomic mass is 79.9. The Morgan fingerprint density at radius 3 is 2.60 bits per heavy atom. The summed E-state index contributed by atoms with van der Waals surface area (Å²) in [4.78, 5) is 0. The summed E-state index contributed by atoms with van der Waals surface area (Å²) in [6.07, 6.45) is 10.3. The third kappa shape index (κ3) is 3.80. The van der Waals surface area contributed by atoms with E-state index in [0.717, 1.165) is 25.9 Å². The van der Waals surface area contributed by atoms with Crippen LogP contribution in [0.5, 0.6) is 0 Å². The van der Waals surface area contributed by atoms with Crippen LogP contribution in [0.15, 0.2) is 46.5 Å². The van der Waals surface area contributed by atoms with Gasteiger partial charge in [0.05, 0.1) is 0 Å². The topological polar surface area (TPSA) is 12.0 Å². The van der Waals surface area contributed by atoms with Gasteiger partial charge in [0.2, 0.25) is 0 Å². The van der Waals surface area contributed by atoms with Crippen molar-refractivity contribution in [3.63, 3.8) is 0 Å². The minimum Gasteiger partial charge on any atom is -0.316 e. The lowest BCUT2D eigenvalue weighted by molar-refractivity contribution is 0.609. The highest BCUT2D eigenvalue weighted by Gasteiger charge is 2.10. The third-order valence-electron chi connectivity index (χ3n) is 2.49. The first-order valence-corrected chi connectivity index (χ1v) is 6.13. The lowest BCUT2D eigenvalue weighted by Crippen LogP contribution is -2.23. The van der Waals surface area contributed by atoms with Gasteiger partial charge in [0.25, 0.3) is 0 Å². The van der Waals surface area contributed by atoms with Crippen LogP contribution < -0.4 is 5.32 Å². The van der Waals surface area contributed by atoms with Crippen LogP contribution in [0.3, 0.4) is 0 Å². The van der Waals surface area contributed by atoms with Gasteiger partial charge in [-0.25, -0.2) is 0 Å². The van der Waals surface area contributed by atoms with Crippen molar-refractivity contribution in [3.8, 4) is 0 Å². The molecule has 1 rings (SSSR count). The van der Waals surface area contributed by atoms with Crippen LogP contribution in [0.1, 0.15) is 19.8 Å². The molecule has 1 fully saturated rings. The molecule has 0 aliphatic carbocycles. The Hall–Kier alpha value is -0.600. The maximum absolute atomic E-state index is 3.69. The maximum Gasteiger partial charge on any atom is 0.0237 e. The summed E-state index contributed by atoms with van der Waals surface area (Å²) in [7, 11) is 0. The molecule has 0 saturated carbocycles. The van der Waals surface area contributed by atoms with Gasteiger partial charge in [0.1, 0.15) is 0 Å². The quantitative estimate of drug-likeness (QED) is 0.769. The molecule has 0 amide bonds. The minimum atomic E-state index is 1.09. The van der Waals surface area contributed by atoms with Gasteiger partial charge < -0.3 is 5.32 Å². The lowest BCUT2D eigenvalue weighted by atomic mass is 10.0. The zero-order valence-electron chi connectivity index (χ0n) is 9.22. The fourth-order valence-corrected chi connectivity index (χ4v) is 2.38. The lowest BCUT2D eigenvalue weighted by Gasteiger charge is -2.17. The molecule has 1 heterocycles. The van der Waals surface area contributed by atoms with E-state index in [1.807, 2.05) is 6.08 Å². The van der Waals surface area contributed by atoms with E-state index in [4.69, 9.17) is 0 Å². The molecule has 0 aromatic heterocycles. The van der Waals surface area contributed by atoms with Gasteiger partial charge in [-0.15, -0.1) is 0 Å². The van der Waals surface area contributed by atoms with Gasteiger partial charge >= 0.3 is 0 Å². The Morgan fingerprint density at radius 1 is 1.40 bits per heavy atom. The summed E-state index contributed by atoms with van der Waals surface area (Å²) in [5.74, 6) is 0. The molecule has 82 valence electrons. The average Bonchev–Trinajstić information content (AvgIpc) is 2.31. The van der Waals surface area contributed by atoms with E-state index in [2.05, 4.69) is 46.9 Å². The number of hydrogen-bond donors (Lipinski definition) is 1. The number of piperidine rings is 1. The average molecular weight is 268 g/mol. The zero-order valence-corrected chi connectivity index (χ0v) is 10.8. The summed E-state index contributed by atoms with van der Waals surface area (Å²) >= 11 is 3.69. The Labute approximate surface area is 101 Å². The molecule has 1 saturated heterocycles. The highest BCUT2D eigenvalue weighted by Crippen LogP contribution is 2.27. The van der Waals surface area contributed by atoms with Crippen molar-refractivity contribution in [2.45, 2.75) is 19.8 Å². The fourth-order valence-electron chi connectivity index (χ4n) is 1.62. The van der Waals surface area contributed by atoms with Crippen LogP contribution in [0.4, 0.5) is 0 Å². The van der Waals surface area contributed by atoms with E-state index in [1.54, 1.807) is 6.08 Å². The van der Waals surface area contributed by atoms with Crippen molar-refractivity contribution in [2.24, 2.45) is 0 Å². The molecule has 0 bridgehead atoms. The van der Waals surface area contributed by atoms with Gasteiger partial charge in [0.15, 0.2) is 0 Å². The van der Waals surface area contributed by atoms with Crippen LogP contribution in [-0.4, -0.2) is 13.1 Å². The number of hydrogen-bond acceptors (Lipinski definition) is 1. The third-order valence-corrected chi connectivity index (χ3v) is 3.51. The van der Waals surface area contributed by atoms with E-state index in [9.17, 15) is 0 Å². The molecule has 1 nitrogen and oxygen atoms in total. The number of nitrogens with one attached hydrogen (secondary N) is 1. The van der Waals surface area contributed by atoms with Gasteiger partial charge in [-0.1, -0.05) is 52.4 Å². The molecule has 1 N–H and O–H groups in total. The Kier molecular flexibility index (Phi) is 5.66. The standard InChI is InChI=1S/C13H18BrN/c1-3-5-6-11(4-2)13(14)12-7-9-15-10-8-12/h3-6,15H,1,7-10H2,2H3/b6-5-,11-4+. The second-order valence-electron chi connectivity index (χ2n) is 3.51. The van der Waals surface area contributed by atoms with E-state index in [1.165, 1.54) is 15.6 Å². The van der Waals surface area contributed by atoms with Crippen molar-refractivity contribution >= 4 is 15.9 Å². The second-order valence-corrected chi connectivity index (χ2v) is 4.30. The fraction of sp³-hybridized carbons (Fsp3) is 0.385. The summed E-state index contributed by atoms with van der Waals surface area (Å²) in [5, 5.41) is 3.36. The van der Waals surface area contributed by atoms with Crippen LogP contribution in [-0.2, 0) is 0 Å². The molecule has 15 heavy (non-hydrogen) atoms. The van der Waals surface area contributed by atoms with E-state index >= 15 is 0 Å². The predicted octanol–water partition coefficient (Wildman–Crippen LogP) is 3.71. The van der Waals surface area contributed by atoms with Crippen molar-refractivity contribution in [2.75, 3.05) is 13.1 Å². The normalized spacial score (nSPS) is 18.3. The molecule has 1 aliphatic heterocycles. The van der Waals surface area contributed by atoms with E-state index in [-0.39, 0.29) is 0 Å². The first-order valence-electron chi connectivity index (χ1n) is 5.33. The van der Waals surface area contributed by atoms with Crippen LogP contribution in [0.25, 0.3) is 0 Å². The van der Waals surface area contributed by atoms with Gasteiger partial charge in [0, 0.05) is 4.48 Å². The van der Waals surface area contributed by atoms with Crippen molar-refractivity contribution < 1.29 is 0 Å². The van der Waals surface area contributed by atoms with Gasteiger partial charge in [-0.3, -0.25) is 0 Å². The van der Waals surface area contributed by atoms with Gasteiger partial charge in [-0.2, -0.15) is 0 Å². The Bertz CT molecular complexity index is 302. The van der Waals surface area contributed by atoms with E-state index in [0.29, 0.717) is 0 Å². The van der Waals surface area contributed by atoms with Crippen molar-refractivity contribution in [1.29, 1.82) is 0 Å². The molecule has 1 aliphatic rings. The highest BCUT2D eigenvalue weighted by molar-refractivity contribution is 9.12. The molecular weight excluding hydrogens is 250 g/mol. The van der Waals surface area contributed by atoms with Crippen LogP contribution >= 0.6 is 15.9 Å². The Balaban J connectivity index is 2.83. The summed E-state index contributed by atoms with van der Waals surface area (Å²) < 4.78 is 1.25. The number of allylic oxidation sites excluding steroid dienone is 6. The molecule has 0 unspecified atom stereocenters. The summed E-state index contributed by atoms with van der Waals surface area (Å²) in [5.41, 5.74) is 2.75. The van der Waals surface area contributed by atoms with Crippen molar-refractivity contribution in [1.82, 2.24) is 5.32 Å².